The molecule has 27 heavy (non-hydrogen) atoms. The maximum absolute atomic E-state index is 12.9. The summed E-state index contributed by atoms with van der Waals surface area (Å²) in [5, 5.41) is 0.919. The minimum Gasteiger partial charge on any atom is -0.466 e. The van der Waals surface area contributed by atoms with Crippen LogP contribution in [0.3, 0.4) is 0 Å². The highest BCUT2D eigenvalue weighted by atomic mass is 16.5. The van der Waals surface area contributed by atoms with E-state index in [0.717, 1.165) is 27.6 Å². The van der Waals surface area contributed by atoms with Gasteiger partial charge in [0.2, 0.25) is 0 Å². The quantitative estimate of drug-likeness (QED) is 0.634. The molecule has 1 heterocycles. The number of esters is 1. The van der Waals surface area contributed by atoms with Gasteiger partial charge in [0.25, 0.3) is 5.56 Å². The van der Waals surface area contributed by atoms with Crippen molar-refractivity contribution in [3.63, 3.8) is 0 Å². The second kappa shape index (κ2) is 7.78. The standard InChI is InChI=1S/C23H25NO3/c1-5-27-23(26)17(4)19-13-22(25)24(14-18-9-6-15(2)7-10-18)21-11-8-16(3)12-20(19)21/h6-13,17H,5,14H2,1-4H3. The summed E-state index contributed by atoms with van der Waals surface area (Å²) in [6.45, 7) is 8.44. The van der Waals surface area contributed by atoms with Crippen LogP contribution in [0.5, 0.6) is 0 Å². The molecule has 4 heteroatoms. The van der Waals surface area contributed by atoms with Crippen LogP contribution in [-0.4, -0.2) is 17.1 Å². The van der Waals surface area contributed by atoms with E-state index in [4.69, 9.17) is 4.74 Å². The van der Waals surface area contributed by atoms with Crippen LogP contribution in [0.25, 0.3) is 10.9 Å². The largest absolute Gasteiger partial charge is 0.466 e. The third kappa shape index (κ3) is 3.95. The number of rotatable bonds is 5. The Bertz CT molecular complexity index is 1030. The van der Waals surface area contributed by atoms with Crippen molar-refractivity contribution in [2.75, 3.05) is 6.61 Å². The Labute approximate surface area is 159 Å². The summed E-state index contributed by atoms with van der Waals surface area (Å²) < 4.78 is 6.93. The van der Waals surface area contributed by atoms with E-state index in [1.165, 1.54) is 5.56 Å². The molecule has 1 unspecified atom stereocenters. The molecule has 0 saturated carbocycles. The molecule has 0 fully saturated rings. The monoisotopic (exact) mass is 363 g/mol. The van der Waals surface area contributed by atoms with Crippen molar-refractivity contribution in [3.8, 4) is 0 Å². The highest BCUT2D eigenvalue weighted by molar-refractivity contribution is 5.89. The van der Waals surface area contributed by atoms with Crippen LogP contribution < -0.4 is 5.56 Å². The smallest absolute Gasteiger partial charge is 0.313 e. The van der Waals surface area contributed by atoms with Gasteiger partial charge < -0.3 is 9.30 Å². The van der Waals surface area contributed by atoms with Crippen molar-refractivity contribution in [1.82, 2.24) is 4.57 Å². The lowest BCUT2D eigenvalue weighted by molar-refractivity contribution is -0.144. The molecular formula is C23H25NO3. The highest BCUT2D eigenvalue weighted by Crippen LogP contribution is 2.26. The lowest BCUT2D eigenvalue weighted by atomic mass is 9.96. The van der Waals surface area contributed by atoms with Gasteiger partial charge in [-0.25, -0.2) is 0 Å². The number of aromatic nitrogens is 1. The molecule has 3 aromatic rings. The number of nitrogens with zero attached hydrogens (tertiary/aromatic N) is 1. The second-order valence-corrected chi connectivity index (χ2v) is 7.00. The van der Waals surface area contributed by atoms with E-state index in [0.29, 0.717) is 13.2 Å². The number of benzene rings is 2. The van der Waals surface area contributed by atoms with Crippen LogP contribution in [-0.2, 0) is 16.1 Å². The molecule has 0 aliphatic heterocycles. The topological polar surface area (TPSA) is 48.3 Å². The van der Waals surface area contributed by atoms with Crippen molar-refractivity contribution in [2.45, 2.75) is 40.2 Å². The van der Waals surface area contributed by atoms with Crippen molar-refractivity contribution >= 4 is 16.9 Å². The molecule has 0 aliphatic rings. The Balaban J connectivity index is 2.15. The Kier molecular flexibility index (Phi) is 5.45. The van der Waals surface area contributed by atoms with Crippen LogP contribution in [0.4, 0.5) is 0 Å². The van der Waals surface area contributed by atoms with Gasteiger partial charge in [-0.05, 0) is 51.0 Å². The summed E-state index contributed by atoms with van der Waals surface area (Å²) in [7, 11) is 0. The second-order valence-electron chi connectivity index (χ2n) is 7.00. The fourth-order valence-corrected chi connectivity index (χ4v) is 3.32. The minimum absolute atomic E-state index is 0.113. The number of pyridine rings is 1. The summed E-state index contributed by atoms with van der Waals surface area (Å²) in [4.78, 5) is 25.2. The normalized spacial score (nSPS) is 12.1. The number of carbonyl (C=O) groups excluding carboxylic acids is 1. The van der Waals surface area contributed by atoms with Gasteiger partial charge in [-0.1, -0.05) is 41.5 Å². The molecule has 0 saturated heterocycles. The van der Waals surface area contributed by atoms with E-state index >= 15 is 0 Å². The molecule has 3 rings (SSSR count). The van der Waals surface area contributed by atoms with Gasteiger partial charge in [0, 0.05) is 11.5 Å². The van der Waals surface area contributed by atoms with Gasteiger partial charge in [0.05, 0.1) is 24.6 Å². The molecular weight excluding hydrogens is 338 g/mol. The summed E-state index contributed by atoms with van der Waals surface area (Å²) in [5.41, 5.74) is 4.77. The average molecular weight is 363 g/mol. The zero-order valence-electron chi connectivity index (χ0n) is 16.3. The lowest BCUT2D eigenvalue weighted by Gasteiger charge is -2.17. The molecule has 0 aliphatic carbocycles. The summed E-state index contributed by atoms with van der Waals surface area (Å²) in [5.74, 6) is -0.799. The Morgan fingerprint density at radius 2 is 1.70 bits per heavy atom. The molecule has 2 aromatic carbocycles. The van der Waals surface area contributed by atoms with Gasteiger partial charge in [0.15, 0.2) is 0 Å². The van der Waals surface area contributed by atoms with Gasteiger partial charge >= 0.3 is 5.97 Å². The average Bonchev–Trinajstić information content (AvgIpc) is 2.65. The summed E-state index contributed by atoms with van der Waals surface area (Å²) >= 11 is 0. The van der Waals surface area contributed by atoms with Crippen molar-refractivity contribution < 1.29 is 9.53 Å². The highest BCUT2D eigenvalue weighted by Gasteiger charge is 2.21. The summed E-state index contributed by atoms with van der Waals surface area (Å²) in [6.07, 6.45) is 0. The molecule has 0 N–H and O–H groups in total. The number of ether oxygens (including phenoxy) is 1. The van der Waals surface area contributed by atoms with Crippen molar-refractivity contribution in [2.24, 2.45) is 0 Å². The van der Waals surface area contributed by atoms with E-state index in [1.54, 1.807) is 24.5 Å². The molecule has 1 aromatic heterocycles. The molecule has 4 nitrogen and oxygen atoms in total. The van der Waals surface area contributed by atoms with Crippen LogP contribution in [0.15, 0.2) is 53.3 Å². The maximum Gasteiger partial charge on any atom is 0.313 e. The van der Waals surface area contributed by atoms with Crippen LogP contribution in [0.1, 0.15) is 42.0 Å². The predicted octanol–water partition coefficient (Wildman–Crippen LogP) is 4.33. The number of carbonyl (C=O) groups is 1. The fourth-order valence-electron chi connectivity index (χ4n) is 3.32. The van der Waals surface area contributed by atoms with Crippen molar-refractivity contribution in [1.29, 1.82) is 0 Å². The molecule has 0 amide bonds. The summed E-state index contributed by atoms with van der Waals surface area (Å²) in [6, 6.07) is 15.7. The Hall–Kier alpha value is -2.88. The third-order valence-corrected chi connectivity index (χ3v) is 4.87. The zero-order chi connectivity index (χ0) is 19.6. The van der Waals surface area contributed by atoms with Gasteiger partial charge in [-0.15, -0.1) is 0 Å². The SMILES string of the molecule is CCOC(=O)C(C)c1cc(=O)n(Cc2ccc(C)cc2)c2ccc(C)cc12. The third-order valence-electron chi connectivity index (χ3n) is 4.87. The van der Waals surface area contributed by atoms with Crippen LogP contribution in [0, 0.1) is 13.8 Å². The predicted molar refractivity (Wildman–Crippen MR) is 108 cm³/mol. The van der Waals surface area contributed by atoms with Crippen LogP contribution in [0.2, 0.25) is 0 Å². The first kappa shape index (κ1) is 18.9. The zero-order valence-corrected chi connectivity index (χ0v) is 16.3. The first-order valence-electron chi connectivity index (χ1n) is 9.27. The number of aryl methyl sites for hydroxylation is 2. The number of hydrogen-bond acceptors (Lipinski definition) is 3. The van der Waals surface area contributed by atoms with E-state index < -0.39 is 5.92 Å². The lowest BCUT2D eigenvalue weighted by Crippen LogP contribution is -2.23. The van der Waals surface area contributed by atoms with E-state index in [2.05, 4.69) is 0 Å². The Morgan fingerprint density at radius 1 is 1.04 bits per heavy atom. The van der Waals surface area contributed by atoms with Gasteiger partial charge in [0.1, 0.15) is 0 Å². The van der Waals surface area contributed by atoms with E-state index in [1.807, 2.05) is 56.3 Å². The number of hydrogen-bond donors (Lipinski definition) is 0. The van der Waals surface area contributed by atoms with E-state index in [-0.39, 0.29) is 11.5 Å². The minimum atomic E-state index is -0.490. The first-order valence-corrected chi connectivity index (χ1v) is 9.27. The molecule has 0 radical (unpaired) electrons. The van der Waals surface area contributed by atoms with Crippen LogP contribution >= 0.6 is 0 Å². The maximum atomic E-state index is 12.9. The molecule has 0 bridgehead atoms. The molecule has 1 atom stereocenters. The Morgan fingerprint density at radius 3 is 2.37 bits per heavy atom. The molecule has 140 valence electrons. The van der Waals surface area contributed by atoms with Crippen molar-refractivity contribution in [3.05, 3.63) is 81.1 Å². The molecule has 0 spiro atoms. The van der Waals surface area contributed by atoms with Gasteiger partial charge in [-0.2, -0.15) is 0 Å². The number of fused-ring (bicyclic) bond motifs is 1. The first-order chi connectivity index (χ1) is 12.9. The van der Waals surface area contributed by atoms with E-state index in [9.17, 15) is 9.59 Å². The van der Waals surface area contributed by atoms with Gasteiger partial charge in [-0.3, -0.25) is 9.59 Å². The fraction of sp³-hybridized carbons (Fsp3) is 0.304.